The van der Waals surface area contributed by atoms with Crippen LogP contribution in [0.5, 0.6) is 0 Å². The molecule has 2 nitrogen and oxygen atoms in total. The number of hydrogen-bond acceptors (Lipinski definition) is 1. The number of fused-ring (bicyclic) bond motifs is 1. The third-order valence-corrected chi connectivity index (χ3v) is 4.71. The van der Waals surface area contributed by atoms with E-state index >= 15 is 0 Å². The molecular formula is C18H17ClFNO. The van der Waals surface area contributed by atoms with Gasteiger partial charge in [0, 0.05) is 17.6 Å². The van der Waals surface area contributed by atoms with Crippen molar-refractivity contribution >= 4 is 17.5 Å². The van der Waals surface area contributed by atoms with Crippen LogP contribution in [0.4, 0.5) is 4.39 Å². The van der Waals surface area contributed by atoms with E-state index in [9.17, 15) is 9.18 Å². The summed E-state index contributed by atoms with van der Waals surface area (Å²) in [5, 5.41) is 0.300. The minimum atomic E-state index is -0.430. The summed E-state index contributed by atoms with van der Waals surface area (Å²) in [6.07, 6.45) is 1.87. The standard InChI is InChI=1S/C18H17ClFNO/c1-21(17-10-9-12-5-2-3-6-13(12)17)18(22)11-14-15(19)7-4-8-16(14)20/h2-8,17H,9-11H2,1H3. The molecule has 0 saturated heterocycles. The van der Waals surface area contributed by atoms with Crippen molar-refractivity contribution in [3.8, 4) is 0 Å². The number of carbonyl (C=O) groups excluding carboxylic acids is 1. The third kappa shape index (κ3) is 2.73. The molecule has 3 rings (SSSR count). The van der Waals surface area contributed by atoms with Crippen LogP contribution in [0, 0.1) is 5.82 Å². The van der Waals surface area contributed by atoms with Gasteiger partial charge in [0.15, 0.2) is 0 Å². The summed E-state index contributed by atoms with van der Waals surface area (Å²) in [7, 11) is 1.78. The van der Waals surface area contributed by atoms with E-state index in [1.165, 1.54) is 17.2 Å². The van der Waals surface area contributed by atoms with Gasteiger partial charge in [-0.15, -0.1) is 0 Å². The molecule has 0 bridgehead atoms. The molecule has 0 fully saturated rings. The Bertz CT molecular complexity index is 696. The van der Waals surface area contributed by atoms with Crippen molar-refractivity contribution in [1.29, 1.82) is 0 Å². The zero-order valence-corrected chi connectivity index (χ0v) is 13.1. The number of hydrogen-bond donors (Lipinski definition) is 0. The van der Waals surface area contributed by atoms with Gasteiger partial charge in [-0.1, -0.05) is 41.9 Å². The molecule has 22 heavy (non-hydrogen) atoms. The van der Waals surface area contributed by atoms with Crippen molar-refractivity contribution in [1.82, 2.24) is 4.90 Å². The Labute approximate surface area is 134 Å². The third-order valence-electron chi connectivity index (χ3n) is 4.35. The largest absolute Gasteiger partial charge is 0.338 e. The van der Waals surface area contributed by atoms with Crippen molar-refractivity contribution in [2.24, 2.45) is 0 Å². The van der Waals surface area contributed by atoms with Gasteiger partial charge >= 0.3 is 0 Å². The molecule has 1 aliphatic rings. The van der Waals surface area contributed by atoms with Gasteiger partial charge in [0.1, 0.15) is 5.82 Å². The van der Waals surface area contributed by atoms with Gasteiger partial charge in [0.2, 0.25) is 5.91 Å². The highest BCUT2D eigenvalue weighted by molar-refractivity contribution is 6.31. The van der Waals surface area contributed by atoms with E-state index in [0.717, 1.165) is 12.8 Å². The molecule has 1 aliphatic carbocycles. The van der Waals surface area contributed by atoms with Crippen molar-refractivity contribution in [2.75, 3.05) is 7.05 Å². The monoisotopic (exact) mass is 317 g/mol. The van der Waals surface area contributed by atoms with Gasteiger partial charge < -0.3 is 4.90 Å². The normalized spacial score (nSPS) is 16.4. The Morgan fingerprint density at radius 2 is 2.05 bits per heavy atom. The van der Waals surface area contributed by atoms with Crippen molar-refractivity contribution in [3.63, 3.8) is 0 Å². The molecule has 0 spiro atoms. The van der Waals surface area contributed by atoms with Crippen LogP contribution in [0.25, 0.3) is 0 Å². The second-order valence-corrected chi connectivity index (χ2v) is 6.04. The summed E-state index contributed by atoms with van der Waals surface area (Å²) in [6, 6.07) is 12.7. The number of nitrogens with zero attached hydrogens (tertiary/aromatic N) is 1. The topological polar surface area (TPSA) is 20.3 Å². The second-order valence-electron chi connectivity index (χ2n) is 5.63. The quantitative estimate of drug-likeness (QED) is 0.832. The molecule has 0 heterocycles. The molecule has 1 unspecified atom stereocenters. The lowest BCUT2D eigenvalue weighted by Crippen LogP contribution is -2.31. The number of benzene rings is 2. The molecule has 0 saturated carbocycles. The first-order valence-corrected chi connectivity index (χ1v) is 7.72. The fourth-order valence-electron chi connectivity index (χ4n) is 3.09. The summed E-state index contributed by atoms with van der Waals surface area (Å²) in [5.41, 5.74) is 2.75. The van der Waals surface area contributed by atoms with Crippen LogP contribution >= 0.6 is 11.6 Å². The highest BCUT2D eigenvalue weighted by Crippen LogP contribution is 2.35. The predicted octanol–water partition coefficient (Wildman–Crippen LogP) is 4.17. The molecule has 2 aromatic rings. The Balaban J connectivity index is 1.79. The molecule has 0 radical (unpaired) electrons. The Kier molecular flexibility index (Phi) is 4.16. The van der Waals surface area contributed by atoms with Crippen LogP contribution in [-0.2, 0) is 17.6 Å². The Morgan fingerprint density at radius 1 is 1.27 bits per heavy atom. The number of likely N-dealkylation sites (N-methyl/N-ethyl adjacent to an activating group) is 1. The Hall–Kier alpha value is -1.87. The summed E-state index contributed by atoms with van der Waals surface area (Å²) >= 11 is 6.01. The van der Waals surface area contributed by atoms with Crippen LogP contribution < -0.4 is 0 Å². The van der Waals surface area contributed by atoms with E-state index in [4.69, 9.17) is 11.6 Å². The van der Waals surface area contributed by atoms with Gasteiger partial charge in [0.25, 0.3) is 0 Å². The molecule has 0 aromatic heterocycles. The van der Waals surface area contributed by atoms with Gasteiger partial charge in [0.05, 0.1) is 12.5 Å². The van der Waals surface area contributed by atoms with Crippen molar-refractivity contribution in [3.05, 3.63) is 70.0 Å². The minimum Gasteiger partial charge on any atom is -0.338 e. The zero-order valence-electron chi connectivity index (χ0n) is 12.4. The van der Waals surface area contributed by atoms with Gasteiger partial charge in [-0.25, -0.2) is 4.39 Å². The highest BCUT2D eigenvalue weighted by atomic mass is 35.5. The Morgan fingerprint density at radius 3 is 2.82 bits per heavy atom. The molecule has 0 N–H and O–H groups in total. The molecule has 114 valence electrons. The van der Waals surface area contributed by atoms with Crippen LogP contribution in [0.3, 0.4) is 0 Å². The molecule has 0 aliphatic heterocycles. The van der Waals surface area contributed by atoms with Gasteiger partial charge in [-0.05, 0) is 36.1 Å². The average molecular weight is 318 g/mol. The van der Waals surface area contributed by atoms with Crippen molar-refractivity contribution < 1.29 is 9.18 Å². The first-order chi connectivity index (χ1) is 10.6. The van der Waals surface area contributed by atoms with Crippen LogP contribution in [0.15, 0.2) is 42.5 Å². The van der Waals surface area contributed by atoms with E-state index in [-0.39, 0.29) is 23.9 Å². The number of carbonyl (C=O) groups is 1. The highest BCUT2D eigenvalue weighted by Gasteiger charge is 2.28. The first kappa shape index (κ1) is 15.0. The lowest BCUT2D eigenvalue weighted by molar-refractivity contribution is -0.131. The average Bonchev–Trinajstić information content (AvgIpc) is 2.94. The van der Waals surface area contributed by atoms with E-state index in [1.807, 2.05) is 12.1 Å². The lowest BCUT2D eigenvalue weighted by Gasteiger charge is -2.26. The van der Waals surface area contributed by atoms with E-state index in [2.05, 4.69) is 12.1 Å². The van der Waals surface area contributed by atoms with E-state index < -0.39 is 5.82 Å². The first-order valence-electron chi connectivity index (χ1n) is 7.34. The lowest BCUT2D eigenvalue weighted by atomic mass is 10.1. The smallest absolute Gasteiger partial charge is 0.227 e. The van der Waals surface area contributed by atoms with Crippen LogP contribution in [-0.4, -0.2) is 17.9 Å². The maximum Gasteiger partial charge on any atom is 0.227 e. The summed E-state index contributed by atoms with van der Waals surface area (Å²) in [5.74, 6) is -0.547. The molecule has 1 amide bonds. The number of rotatable bonds is 3. The SMILES string of the molecule is CN(C(=O)Cc1c(F)cccc1Cl)C1CCc2ccccc21. The zero-order chi connectivity index (χ0) is 15.7. The molecule has 2 aromatic carbocycles. The predicted molar refractivity (Wildman–Crippen MR) is 85.4 cm³/mol. The summed E-state index contributed by atoms with van der Waals surface area (Å²) < 4.78 is 13.8. The van der Waals surface area contributed by atoms with Gasteiger partial charge in [-0.2, -0.15) is 0 Å². The van der Waals surface area contributed by atoms with Gasteiger partial charge in [-0.3, -0.25) is 4.79 Å². The maximum absolute atomic E-state index is 13.8. The summed E-state index contributed by atoms with van der Waals surface area (Å²) in [6.45, 7) is 0. The van der Waals surface area contributed by atoms with E-state index in [1.54, 1.807) is 24.1 Å². The molecular weight excluding hydrogens is 301 g/mol. The fourth-order valence-corrected chi connectivity index (χ4v) is 3.32. The van der Waals surface area contributed by atoms with Crippen molar-refractivity contribution in [2.45, 2.75) is 25.3 Å². The van der Waals surface area contributed by atoms with E-state index in [0.29, 0.717) is 5.02 Å². The molecule has 4 heteroatoms. The molecule has 1 atom stereocenters. The fraction of sp³-hybridized carbons (Fsp3) is 0.278. The van der Waals surface area contributed by atoms with Crippen LogP contribution in [0.1, 0.15) is 29.2 Å². The second kappa shape index (κ2) is 6.09. The number of halogens is 2. The number of aryl methyl sites for hydroxylation is 1. The van der Waals surface area contributed by atoms with Crippen LogP contribution in [0.2, 0.25) is 5.02 Å². The maximum atomic E-state index is 13.8. The summed E-state index contributed by atoms with van der Waals surface area (Å²) in [4.78, 5) is 14.2. The minimum absolute atomic E-state index is 0.0132. The number of amides is 1.